The van der Waals surface area contributed by atoms with Crippen molar-refractivity contribution < 1.29 is 24.3 Å². The van der Waals surface area contributed by atoms with Crippen LogP contribution in [0.2, 0.25) is 0 Å². The topological polar surface area (TPSA) is 116 Å². The predicted octanol–water partition coefficient (Wildman–Crippen LogP) is 6.11. The quantitative estimate of drug-likeness (QED) is 0.240. The van der Waals surface area contributed by atoms with Crippen LogP contribution in [-0.2, 0) is 9.59 Å². The molecule has 198 valence electrons. The fraction of sp³-hybridized carbons (Fsp3) is 0.0968. The van der Waals surface area contributed by atoms with Gasteiger partial charge in [0, 0.05) is 22.6 Å². The highest BCUT2D eigenvalue weighted by Crippen LogP contribution is 2.26. The summed E-state index contributed by atoms with van der Waals surface area (Å²) in [6.45, 7) is 5.53. The SMILES string of the molecule is Cc1cc(N(C=O)C(=O)c2ccc(C(=O)O)cc2C)ccc1Nc1ccccc1.Cc1ccc(NC=O)cc1. The molecule has 0 bridgehead atoms. The van der Waals surface area contributed by atoms with Crippen molar-refractivity contribution in [2.75, 3.05) is 15.5 Å². The van der Waals surface area contributed by atoms with Gasteiger partial charge in [-0.1, -0.05) is 35.9 Å². The summed E-state index contributed by atoms with van der Waals surface area (Å²) in [5.41, 5.74) is 5.96. The van der Waals surface area contributed by atoms with Crippen molar-refractivity contribution in [2.45, 2.75) is 20.8 Å². The first-order valence-corrected chi connectivity index (χ1v) is 12.1. The third kappa shape index (κ3) is 7.62. The molecule has 0 heterocycles. The molecule has 8 heteroatoms. The Balaban J connectivity index is 0.000000353. The van der Waals surface area contributed by atoms with E-state index in [1.807, 2.05) is 74.5 Å². The number of carboxylic acids is 1. The molecule has 0 aliphatic carbocycles. The Kier molecular flexibility index (Phi) is 9.70. The summed E-state index contributed by atoms with van der Waals surface area (Å²) >= 11 is 0. The molecule has 8 nitrogen and oxygen atoms in total. The van der Waals surface area contributed by atoms with Crippen LogP contribution in [0.15, 0.2) is 91.0 Å². The van der Waals surface area contributed by atoms with Crippen LogP contribution in [0.1, 0.15) is 37.4 Å². The molecule has 0 radical (unpaired) electrons. The molecular weight excluding hydrogens is 494 g/mol. The van der Waals surface area contributed by atoms with Gasteiger partial charge in [-0.05, 0) is 92.6 Å². The minimum Gasteiger partial charge on any atom is -0.478 e. The Hall–Kier alpha value is -5.24. The van der Waals surface area contributed by atoms with E-state index in [-0.39, 0.29) is 11.1 Å². The number of carbonyl (C=O) groups excluding carboxylic acids is 3. The van der Waals surface area contributed by atoms with Gasteiger partial charge in [-0.25, -0.2) is 9.69 Å². The van der Waals surface area contributed by atoms with Crippen molar-refractivity contribution in [2.24, 2.45) is 0 Å². The van der Waals surface area contributed by atoms with E-state index in [2.05, 4.69) is 10.6 Å². The molecule has 4 aromatic rings. The van der Waals surface area contributed by atoms with Gasteiger partial charge in [0.2, 0.25) is 12.8 Å². The summed E-state index contributed by atoms with van der Waals surface area (Å²) in [5.74, 6) is -1.59. The maximum atomic E-state index is 12.9. The van der Waals surface area contributed by atoms with E-state index in [4.69, 9.17) is 5.11 Å². The Morgan fingerprint density at radius 3 is 2.03 bits per heavy atom. The minimum atomic E-state index is -1.07. The highest BCUT2D eigenvalue weighted by atomic mass is 16.4. The number of amides is 3. The van der Waals surface area contributed by atoms with Crippen LogP contribution < -0.4 is 15.5 Å². The zero-order valence-corrected chi connectivity index (χ0v) is 21.8. The van der Waals surface area contributed by atoms with Gasteiger partial charge >= 0.3 is 5.97 Å². The third-order valence-electron chi connectivity index (χ3n) is 5.85. The molecule has 4 aromatic carbocycles. The van der Waals surface area contributed by atoms with Gasteiger partial charge < -0.3 is 15.7 Å². The van der Waals surface area contributed by atoms with E-state index in [9.17, 15) is 19.2 Å². The van der Waals surface area contributed by atoms with Crippen molar-refractivity contribution in [1.29, 1.82) is 0 Å². The molecule has 3 N–H and O–H groups in total. The number of para-hydroxylation sites is 1. The molecule has 0 spiro atoms. The van der Waals surface area contributed by atoms with Crippen LogP contribution in [0.25, 0.3) is 0 Å². The van der Waals surface area contributed by atoms with Gasteiger partial charge in [-0.3, -0.25) is 14.4 Å². The second-order valence-corrected chi connectivity index (χ2v) is 8.73. The molecular formula is C31H29N3O5. The largest absolute Gasteiger partial charge is 0.478 e. The Morgan fingerprint density at radius 2 is 1.46 bits per heavy atom. The molecule has 39 heavy (non-hydrogen) atoms. The highest BCUT2D eigenvalue weighted by Gasteiger charge is 2.20. The van der Waals surface area contributed by atoms with Gasteiger partial charge in [0.15, 0.2) is 0 Å². The second kappa shape index (κ2) is 13.3. The number of rotatable bonds is 8. The zero-order valence-electron chi connectivity index (χ0n) is 21.8. The first-order valence-electron chi connectivity index (χ1n) is 12.1. The number of hydrogen-bond donors (Lipinski definition) is 3. The average Bonchev–Trinajstić information content (AvgIpc) is 2.93. The number of nitrogens with one attached hydrogen (secondary N) is 2. The summed E-state index contributed by atoms with van der Waals surface area (Å²) in [6, 6.07) is 26.7. The summed E-state index contributed by atoms with van der Waals surface area (Å²) in [7, 11) is 0. The summed E-state index contributed by atoms with van der Waals surface area (Å²) < 4.78 is 0. The van der Waals surface area contributed by atoms with E-state index in [1.165, 1.54) is 23.8 Å². The number of carboxylic acid groups (broad SMARTS) is 1. The number of benzene rings is 4. The average molecular weight is 524 g/mol. The Morgan fingerprint density at radius 1 is 0.769 bits per heavy atom. The molecule has 0 aromatic heterocycles. The lowest BCUT2D eigenvalue weighted by Crippen LogP contribution is -2.30. The molecule has 4 rings (SSSR count). The van der Waals surface area contributed by atoms with Crippen molar-refractivity contribution in [3.63, 3.8) is 0 Å². The fourth-order valence-electron chi connectivity index (χ4n) is 3.73. The second-order valence-electron chi connectivity index (χ2n) is 8.73. The van der Waals surface area contributed by atoms with E-state index >= 15 is 0 Å². The van der Waals surface area contributed by atoms with E-state index in [0.29, 0.717) is 24.1 Å². The number of hydrogen-bond acceptors (Lipinski definition) is 5. The molecule has 3 amide bonds. The summed E-state index contributed by atoms with van der Waals surface area (Å²) in [6.07, 6.45) is 1.14. The maximum absolute atomic E-state index is 12.9. The van der Waals surface area contributed by atoms with Crippen molar-refractivity contribution >= 4 is 47.4 Å². The maximum Gasteiger partial charge on any atom is 0.335 e. The molecule has 0 fully saturated rings. The van der Waals surface area contributed by atoms with E-state index in [0.717, 1.165) is 27.5 Å². The Bertz CT molecular complexity index is 1470. The molecule has 0 unspecified atom stereocenters. The highest BCUT2D eigenvalue weighted by molar-refractivity contribution is 6.16. The van der Waals surface area contributed by atoms with Crippen LogP contribution in [0, 0.1) is 20.8 Å². The predicted molar refractivity (Wildman–Crippen MR) is 153 cm³/mol. The number of imide groups is 1. The Labute approximate surface area is 226 Å². The number of nitrogens with zero attached hydrogens (tertiary/aromatic N) is 1. The van der Waals surface area contributed by atoms with Gasteiger partial charge in [0.1, 0.15) is 0 Å². The standard InChI is InChI=1S/C23H20N2O4.C8H9NO/c1-15-12-17(23(28)29)8-10-20(15)22(27)25(14-26)19-9-11-21(16(2)13-19)24-18-6-4-3-5-7-18;1-7-2-4-8(5-3-7)9-6-10/h3-14,24H,1-2H3,(H,28,29);2-6H,1H3,(H,9,10). The third-order valence-corrected chi connectivity index (χ3v) is 5.85. The van der Waals surface area contributed by atoms with Crippen molar-refractivity contribution in [1.82, 2.24) is 0 Å². The normalized spacial score (nSPS) is 9.92. The lowest BCUT2D eigenvalue weighted by molar-refractivity contribution is -0.107. The molecule has 0 saturated heterocycles. The van der Waals surface area contributed by atoms with E-state index in [1.54, 1.807) is 19.1 Å². The fourth-order valence-corrected chi connectivity index (χ4v) is 3.73. The summed E-state index contributed by atoms with van der Waals surface area (Å²) in [5, 5.41) is 14.9. The smallest absolute Gasteiger partial charge is 0.335 e. The van der Waals surface area contributed by atoms with Crippen LogP contribution in [0.4, 0.5) is 22.7 Å². The number of aryl methyl sites for hydroxylation is 3. The van der Waals surface area contributed by atoms with Crippen LogP contribution >= 0.6 is 0 Å². The van der Waals surface area contributed by atoms with Crippen LogP contribution in [0.3, 0.4) is 0 Å². The molecule has 0 aliphatic heterocycles. The molecule has 0 atom stereocenters. The zero-order chi connectivity index (χ0) is 28.4. The number of aromatic carboxylic acids is 1. The van der Waals surface area contributed by atoms with Gasteiger partial charge in [0.05, 0.1) is 11.3 Å². The number of carbonyl (C=O) groups is 4. The lowest BCUT2D eigenvalue weighted by atomic mass is 10.0. The first-order chi connectivity index (χ1) is 18.7. The minimum absolute atomic E-state index is 0.0869. The first kappa shape index (κ1) is 28.3. The van der Waals surface area contributed by atoms with Crippen molar-refractivity contribution in [3.8, 4) is 0 Å². The monoisotopic (exact) mass is 523 g/mol. The number of anilines is 4. The van der Waals surface area contributed by atoms with Gasteiger partial charge in [0.25, 0.3) is 5.91 Å². The van der Waals surface area contributed by atoms with Gasteiger partial charge in [-0.2, -0.15) is 0 Å². The summed E-state index contributed by atoms with van der Waals surface area (Å²) in [4.78, 5) is 46.6. The van der Waals surface area contributed by atoms with Crippen LogP contribution in [0.5, 0.6) is 0 Å². The van der Waals surface area contributed by atoms with Crippen LogP contribution in [-0.4, -0.2) is 29.8 Å². The molecule has 0 aliphatic rings. The van der Waals surface area contributed by atoms with Gasteiger partial charge in [-0.15, -0.1) is 0 Å². The van der Waals surface area contributed by atoms with Crippen molar-refractivity contribution in [3.05, 3.63) is 119 Å². The molecule has 0 saturated carbocycles. The van der Waals surface area contributed by atoms with E-state index < -0.39 is 11.9 Å². The lowest BCUT2D eigenvalue weighted by Gasteiger charge is -2.19.